The SMILES string of the molecule is CC(C)C(=O)NCc1cc2cc(Cl)c(OCc3cocn3)cc2[nH]1. The number of fused-ring (bicyclic) bond motifs is 1. The van der Waals surface area contributed by atoms with Crippen LogP contribution in [0.1, 0.15) is 25.2 Å². The highest BCUT2D eigenvalue weighted by molar-refractivity contribution is 6.32. The molecular formula is C17H18ClN3O3. The monoisotopic (exact) mass is 347 g/mol. The zero-order valence-electron chi connectivity index (χ0n) is 13.4. The van der Waals surface area contributed by atoms with Crippen molar-refractivity contribution >= 4 is 28.4 Å². The number of nitrogens with one attached hydrogen (secondary N) is 2. The number of hydrogen-bond donors (Lipinski definition) is 2. The van der Waals surface area contributed by atoms with Crippen LogP contribution in [0.3, 0.4) is 0 Å². The van der Waals surface area contributed by atoms with Crippen LogP contribution in [0, 0.1) is 5.92 Å². The average Bonchev–Trinajstić information content (AvgIpc) is 3.19. The molecule has 0 aliphatic carbocycles. The number of benzene rings is 1. The Morgan fingerprint density at radius 1 is 1.42 bits per heavy atom. The van der Waals surface area contributed by atoms with E-state index in [9.17, 15) is 4.79 Å². The van der Waals surface area contributed by atoms with Gasteiger partial charge in [-0.15, -0.1) is 0 Å². The molecule has 6 nitrogen and oxygen atoms in total. The molecule has 0 aliphatic rings. The molecule has 0 atom stereocenters. The van der Waals surface area contributed by atoms with Crippen molar-refractivity contribution in [1.29, 1.82) is 0 Å². The zero-order valence-corrected chi connectivity index (χ0v) is 14.2. The molecular weight excluding hydrogens is 330 g/mol. The Balaban J connectivity index is 1.73. The van der Waals surface area contributed by atoms with E-state index in [2.05, 4.69) is 15.3 Å². The van der Waals surface area contributed by atoms with E-state index in [1.807, 2.05) is 32.0 Å². The Morgan fingerprint density at radius 2 is 2.25 bits per heavy atom. The number of amides is 1. The van der Waals surface area contributed by atoms with Crippen molar-refractivity contribution in [2.75, 3.05) is 0 Å². The minimum Gasteiger partial charge on any atom is -0.486 e. The first kappa shape index (κ1) is 16.4. The normalized spacial score (nSPS) is 11.2. The summed E-state index contributed by atoms with van der Waals surface area (Å²) in [5.41, 5.74) is 2.49. The lowest BCUT2D eigenvalue weighted by molar-refractivity contribution is -0.124. The van der Waals surface area contributed by atoms with Crippen LogP contribution < -0.4 is 10.1 Å². The van der Waals surface area contributed by atoms with Gasteiger partial charge in [-0.1, -0.05) is 25.4 Å². The molecule has 0 saturated carbocycles. The number of carbonyl (C=O) groups excluding carboxylic acids is 1. The molecule has 3 aromatic rings. The van der Waals surface area contributed by atoms with Gasteiger partial charge in [0.15, 0.2) is 6.39 Å². The van der Waals surface area contributed by atoms with Crippen LogP contribution in [0.2, 0.25) is 5.02 Å². The topological polar surface area (TPSA) is 80.2 Å². The molecule has 126 valence electrons. The van der Waals surface area contributed by atoms with Crippen molar-refractivity contribution in [3.05, 3.63) is 47.3 Å². The molecule has 24 heavy (non-hydrogen) atoms. The molecule has 0 aliphatic heterocycles. The summed E-state index contributed by atoms with van der Waals surface area (Å²) >= 11 is 6.27. The van der Waals surface area contributed by atoms with E-state index < -0.39 is 0 Å². The summed E-state index contributed by atoms with van der Waals surface area (Å²) in [6.45, 7) is 4.44. The lowest BCUT2D eigenvalue weighted by atomic mass is 10.2. The van der Waals surface area contributed by atoms with Gasteiger partial charge in [0.05, 0.1) is 11.6 Å². The molecule has 0 saturated heterocycles. The summed E-state index contributed by atoms with van der Waals surface area (Å²) in [6, 6.07) is 5.63. The van der Waals surface area contributed by atoms with Gasteiger partial charge in [-0.2, -0.15) is 0 Å². The van der Waals surface area contributed by atoms with Crippen molar-refractivity contribution in [2.24, 2.45) is 5.92 Å². The second kappa shape index (κ2) is 6.97. The summed E-state index contributed by atoms with van der Waals surface area (Å²) in [5.74, 6) is 0.537. The molecule has 0 spiro atoms. The lowest BCUT2D eigenvalue weighted by Gasteiger charge is -2.06. The van der Waals surface area contributed by atoms with Crippen molar-refractivity contribution in [1.82, 2.24) is 15.3 Å². The number of halogens is 1. The third-order valence-electron chi connectivity index (χ3n) is 3.57. The van der Waals surface area contributed by atoms with Gasteiger partial charge in [-0.3, -0.25) is 4.79 Å². The number of aromatic nitrogens is 2. The molecule has 3 rings (SSSR count). The molecule has 2 N–H and O–H groups in total. The summed E-state index contributed by atoms with van der Waals surface area (Å²) in [5, 5.41) is 4.36. The molecule has 2 aromatic heterocycles. The summed E-state index contributed by atoms with van der Waals surface area (Å²) in [6.07, 6.45) is 2.88. The Morgan fingerprint density at radius 3 is 2.96 bits per heavy atom. The van der Waals surface area contributed by atoms with Gasteiger partial charge in [0.25, 0.3) is 0 Å². The first-order valence-electron chi connectivity index (χ1n) is 7.61. The summed E-state index contributed by atoms with van der Waals surface area (Å²) in [4.78, 5) is 18.9. The van der Waals surface area contributed by atoms with Crippen LogP contribution >= 0.6 is 11.6 Å². The van der Waals surface area contributed by atoms with Gasteiger partial charge in [0, 0.05) is 28.6 Å². The van der Waals surface area contributed by atoms with Crippen LogP contribution in [-0.2, 0) is 17.9 Å². The first-order valence-corrected chi connectivity index (χ1v) is 7.99. The molecule has 1 aromatic carbocycles. The number of aromatic amines is 1. The van der Waals surface area contributed by atoms with Gasteiger partial charge in [0.2, 0.25) is 5.91 Å². The second-order valence-corrected chi connectivity index (χ2v) is 6.21. The Hall–Kier alpha value is -2.47. The Kier molecular flexibility index (Phi) is 4.76. The molecule has 2 heterocycles. The zero-order chi connectivity index (χ0) is 17.1. The number of oxazole rings is 1. The summed E-state index contributed by atoms with van der Waals surface area (Å²) in [7, 11) is 0. The number of H-pyrrole nitrogens is 1. The van der Waals surface area contributed by atoms with E-state index >= 15 is 0 Å². The molecule has 0 bridgehead atoms. The quantitative estimate of drug-likeness (QED) is 0.713. The number of nitrogens with zero attached hydrogens (tertiary/aromatic N) is 1. The van der Waals surface area contributed by atoms with E-state index in [1.165, 1.54) is 12.7 Å². The third kappa shape index (κ3) is 3.71. The van der Waals surface area contributed by atoms with Gasteiger partial charge in [-0.05, 0) is 12.1 Å². The number of carbonyl (C=O) groups is 1. The number of hydrogen-bond acceptors (Lipinski definition) is 4. The highest BCUT2D eigenvalue weighted by Crippen LogP contribution is 2.31. The average molecular weight is 348 g/mol. The Bertz CT molecular complexity index is 840. The maximum absolute atomic E-state index is 11.7. The molecule has 0 radical (unpaired) electrons. The predicted octanol–water partition coefficient (Wildman–Crippen LogP) is 3.66. The van der Waals surface area contributed by atoms with Crippen molar-refractivity contribution in [3.8, 4) is 5.75 Å². The van der Waals surface area contributed by atoms with Crippen molar-refractivity contribution in [3.63, 3.8) is 0 Å². The summed E-state index contributed by atoms with van der Waals surface area (Å²) < 4.78 is 10.6. The van der Waals surface area contributed by atoms with Crippen LogP contribution in [0.5, 0.6) is 5.75 Å². The maximum atomic E-state index is 11.7. The van der Waals surface area contributed by atoms with Gasteiger partial charge < -0.3 is 19.5 Å². The fourth-order valence-corrected chi connectivity index (χ4v) is 2.47. The van der Waals surface area contributed by atoms with E-state index in [0.717, 1.165) is 16.6 Å². The molecule has 0 unspecified atom stereocenters. The van der Waals surface area contributed by atoms with Gasteiger partial charge >= 0.3 is 0 Å². The van der Waals surface area contributed by atoms with Crippen molar-refractivity contribution < 1.29 is 13.9 Å². The van der Waals surface area contributed by atoms with Gasteiger partial charge in [0.1, 0.15) is 24.3 Å². The van der Waals surface area contributed by atoms with E-state index in [0.29, 0.717) is 23.0 Å². The van der Waals surface area contributed by atoms with Crippen LogP contribution in [0.4, 0.5) is 0 Å². The fraction of sp³-hybridized carbons (Fsp3) is 0.294. The standard InChI is InChI=1S/C17H18ClN3O3/c1-10(2)17(22)19-6-12-3-11-4-14(18)16(5-15(11)21-12)24-8-13-7-23-9-20-13/h3-5,7,9-10,21H,6,8H2,1-2H3,(H,19,22). The molecule has 0 fully saturated rings. The van der Waals surface area contributed by atoms with Crippen LogP contribution in [0.25, 0.3) is 10.9 Å². The maximum Gasteiger partial charge on any atom is 0.222 e. The smallest absolute Gasteiger partial charge is 0.222 e. The first-order chi connectivity index (χ1) is 11.5. The Labute approximate surface area is 144 Å². The second-order valence-electron chi connectivity index (χ2n) is 5.81. The predicted molar refractivity (Wildman–Crippen MR) is 90.8 cm³/mol. The highest BCUT2D eigenvalue weighted by Gasteiger charge is 2.10. The van der Waals surface area contributed by atoms with Crippen molar-refractivity contribution in [2.45, 2.75) is 27.0 Å². The van der Waals surface area contributed by atoms with E-state index in [4.69, 9.17) is 20.8 Å². The van der Waals surface area contributed by atoms with Crippen LogP contribution in [0.15, 0.2) is 35.3 Å². The fourth-order valence-electron chi connectivity index (χ4n) is 2.25. The molecule has 1 amide bonds. The minimum absolute atomic E-state index is 0.0170. The van der Waals surface area contributed by atoms with Gasteiger partial charge in [-0.25, -0.2) is 4.98 Å². The number of rotatable bonds is 6. The highest BCUT2D eigenvalue weighted by atomic mass is 35.5. The minimum atomic E-state index is -0.0413. The lowest BCUT2D eigenvalue weighted by Crippen LogP contribution is -2.27. The largest absolute Gasteiger partial charge is 0.486 e. The van der Waals surface area contributed by atoms with E-state index in [1.54, 1.807) is 0 Å². The number of ether oxygens (including phenoxy) is 1. The van der Waals surface area contributed by atoms with E-state index in [-0.39, 0.29) is 18.4 Å². The van der Waals surface area contributed by atoms with Crippen LogP contribution in [-0.4, -0.2) is 15.9 Å². The molecule has 7 heteroatoms. The third-order valence-corrected chi connectivity index (χ3v) is 3.86.